The summed E-state index contributed by atoms with van der Waals surface area (Å²) in [4.78, 5) is 7.57. The van der Waals surface area contributed by atoms with Gasteiger partial charge in [-0.25, -0.2) is 4.98 Å². The normalized spacial score (nSPS) is 12.7. The smallest absolute Gasteiger partial charge is 0.163 e. The third kappa shape index (κ3) is 2.25. The highest BCUT2D eigenvalue weighted by Gasteiger charge is 2.13. The Kier molecular flexibility index (Phi) is 3.69. The summed E-state index contributed by atoms with van der Waals surface area (Å²) in [6, 6.07) is 3.37. The van der Waals surface area contributed by atoms with Gasteiger partial charge in [0.2, 0.25) is 0 Å². The summed E-state index contributed by atoms with van der Waals surface area (Å²) in [6.45, 7) is 0.411. The molecule has 0 aliphatic rings. The highest BCUT2D eigenvalue weighted by molar-refractivity contribution is 5.79. The molecule has 0 spiro atoms. The highest BCUT2D eigenvalue weighted by atomic mass is 16.5. The van der Waals surface area contributed by atoms with Crippen LogP contribution in [0.2, 0.25) is 0 Å². The molecule has 0 amide bonds. The molecule has 1 heterocycles. The maximum absolute atomic E-state index is 5.93. The lowest BCUT2D eigenvalue weighted by Crippen LogP contribution is -2.17. The van der Waals surface area contributed by atoms with E-state index in [4.69, 9.17) is 19.9 Å². The first kappa shape index (κ1) is 12.7. The first-order valence-corrected chi connectivity index (χ1v) is 5.55. The van der Waals surface area contributed by atoms with Crippen LogP contribution in [0.3, 0.4) is 0 Å². The number of nitrogens with two attached hydrogens (primary N) is 1. The number of aromatic amines is 1. The van der Waals surface area contributed by atoms with Gasteiger partial charge in [0.1, 0.15) is 5.82 Å². The SMILES string of the molecule is COCC(N)c1nc2cc(OC)c(OC)cc2[nH]1. The van der Waals surface area contributed by atoms with Gasteiger partial charge >= 0.3 is 0 Å². The molecule has 2 aromatic rings. The molecule has 0 radical (unpaired) electrons. The van der Waals surface area contributed by atoms with Crippen LogP contribution in [0.5, 0.6) is 11.5 Å². The maximum atomic E-state index is 5.93. The molecule has 18 heavy (non-hydrogen) atoms. The van der Waals surface area contributed by atoms with E-state index in [9.17, 15) is 0 Å². The van der Waals surface area contributed by atoms with Crippen molar-refractivity contribution in [1.82, 2.24) is 9.97 Å². The van der Waals surface area contributed by atoms with E-state index >= 15 is 0 Å². The zero-order valence-corrected chi connectivity index (χ0v) is 10.7. The van der Waals surface area contributed by atoms with Crippen LogP contribution >= 0.6 is 0 Å². The zero-order valence-electron chi connectivity index (χ0n) is 10.7. The number of H-pyrrole nitrogens is 1. The highest BCUT2D eigenvalue weighted by Crippen LogP contribution is 2.31. The van der Waals surface area contributed by atoms with Gasteiger partial charge in [-0.3, -0.25) is 0 Å². The molecule has 1 aromatic heterocycles. The average Bonchev–Trinajstić information content (AvgIpc) is 2.80. The van der Waals surface area contributed by atoms with E-state index in [1.165, 1.54) is 0 Å². The number of methoxy groups -OCH3 is 3. The molecule has 1 unspecified atom stereocenters. The van der Waals surface area contributed by atoms with Gasteiger partial charge in [0.15, 0.2) is 11.5 Å². The second-order valence-corrected chi connectivity index (χ2v) is 3.91. The monoisotopic (exact) mass is 251 g/mol. The number of hydrogen-bond acceptors (Lipinski definition) is 5. The molecule has 0 fully saturated rings. The fourth-order valence-electron chi connectivity index (χ4n) is 1.79. The fraction of sp³-hybridized carbons (Fsp3) is 0.417. The Labute approximate surface area is 105 Å². The largest absolute Gasteiger partial charge is 0.493 e. The van der Waals surface area contributed by atoms with Gasteiger partial charge in [-0.1, -0.05) is 0 Å². The van der Waals surface area contributed by atoms with Crippen LogP contribution in [0.4, 0.5) is 0 Å². The average molecular weight is 251 g/mol. The lowest BCUT2D eigenvalue weighted by molar-refractivity contribution is 0.178. The lowest BCUT2D eigenvalue weighted by atomic mass is 10.3. The van der Waals surface area contributed by atoms with Gasteiger partial charge in [0.25, 0.3) is 0 Å². The summed E-state index contributed by atoms with van der Waals surface area (Å²) in [6.07, 6.45) is 0. The van der Waals surface area contributed by atoms with Crippen LogP contribution in [0.1, 0.15) is 11.9 Å². The van der Waals surface area contributed by atoms with E-state index in [2.05, 4.69) is 9.97 Å². The number of rotatable bonds is 5. The predicted octanol–water partition coefficient (Wildman–Crippen LogP) is 1.23. The maximum Gasteiger partial charge on any atom is 0.163 e. The first-order valence-electron chi connectivity index (χ1n) is 5.55. The van der Waals surface area contributed by atoms with Crippen LogP contribution in [-0.4, -0.2) is 37.9 Å². The van der Waals surface area contributed by atoms with Gasteiger partial charge < -0.3 is 24.9 Å². The first-order chi connectivity index (χ1) is 8.69. The van der Waals surface area contributed by atoms with Crippen LogP contribution in [0, 0.1) is 0 Å². The lowest BCUT2D eigenvalue weighted by Gasteiger charge is -2.06. The van der Waals surface area contributed by atoms with Crippen molar-refractivity contribution >= 4 is 11.0 Å². The summed E-state index contributed by atoms with van der Waals surface area (Å²) in [7, 11) is 4.79. The van der Waals surface area contributed by atoms with Crippen molar-refractivity contribution < 1.29 is 14.2 Å². The minimum absolute atomic E-state index is 0.278. The summed E-state index contributed by atoms with van der Waals surface area (Å²) in [5.41, 5.74) is 7.57. The molecule has 0 saturated heterocycles. The van der Waals surface area contributed by atoms with Crippen molar-refractivity contribution in [2.24, 2.45) is 5.73 Å². The Morgan fingerprint density at radius 3 is 2.50 bits per heavy atom. The third-order valence-corrected chi connectivity index (χ3v) is 2.70. The zero-order chi connectivity index (χ0) is 13.1. The Balaban J connectivity index is 2.44. The second-order valence-electron chi connectivity index (χ2n) is 3.91. The molecule has 6 heteroatoms. The van der Waals surface area contributed by atoms with Crippen molar-refractivity contribution in [2.75, 3.05) is 27.9 Å². The molecule has 3 N–H and O–H groups in total. The predicted molar refractivity (Wildman–Crippen MR) is 68.0 cm³/mol. The van der Waals surface area contributed by atoms with E-state index in [1.807, 2.05) is 12.1 Å². The van der Waals surface area contributed by atoms with Gasteiger partial charge in [-0.05, 0) is 0 Å². The van der Waals surface area contributed by atoms with Gasteiger partial charge in [-0.15, -0.1) is 0 Å². The molecule has 0 bridgehead atoms. The molecular formula is C12H17N3O3. The Morgan fingerprint density at radius 2 is 1.89 bits per heavy atom. The summed E-state index contributed by atoms with van der Waals surface area (Å²) in [5, 5.41) is 0. The molecule has 2 rings (SSSR count). The number of nitrogens with zero attached hydrogens (tertiary/aromatic N) is 1. The molecule has 0 aliphatic heterocycles. The molecular weight excluding hydrogens is 234 g/mol. The number of ether oxygens (including phenoxy) is 3. The van der Waals surface area contributed by atoms with E-state index in [0.717, 1.165) is 11.0 Å². The number of nitrogens with one attached hydrogen (secondary N) is 1. The number of benzene rings is 1. The number of hydrogen-bond donors (Lipinski definition) is 2. The summed E-state index contributed by atoms with van der Waals surface area (Å²) >= 11 is 0. The summed E-state index contributed by atoms with van der Waals surface area (Å²) in [5.74, 6) is 1.98. The number of fused-ring (bicyclic) bond motifs is 1. The molecule has 0 saturated carbocycles. The van der Waals surface area contributed by atoms with E-state index < -0.39 is 0 Å². The number of imidazole rings is 1. The standard InChI is InChI=1S/C12H17N3O3/c1-16-6-7(13)12-14-8-4-10(17-2)11(18-3)5-9(8)15-12/h4-5,7H,6,13H2,1-3H3,(H,14,15). The van der Waals surface area contributed by atoms with Crippen LogP contribution in [0.15, 0.2) is 12.1 Å². The Hall–Kier alpha value is -1.79. The Morgan fingerprint density at radius 1 is 1.22 bits per heavy atom. The fourth-order valence-corrected chi connectivity index (χ4v) is 1.79. The molecule has 1 atom stereocenters. The van der Waals surface area contributed by atoms with E-state index in [-0.39, 0.29) is 6.04 Å². The summed E-state index contributed by atoms with van der Waals surface area (Å²) < 4.78 is 15.5. The van der Waals surface area contributed by atoms with Crippen molar-refractivity contribution in [3.8, 4) is 11.5 Å². The minimum Gasteiger partial charge on any atom is -0.493 e. The van der Waals surface area contributed by atoms with Crippen molar-refractivity contribution in [3.05, 3.63) is 18.0 Å². The number of aromatic nitrogens is 2. The molecule has 6 nitrogen and oxygen atoms in total. The topological polar surface area (TPSA) is 82.4 Å². The second kappa shape index (κ2) is 5.24. The van der Waals surface area contributed by atoms with Crippen LogP contribution in [-0.2, 0) is 4.74 Å². The van der Waals surface area contributed by atoms with Crippen LogP contribution < -0.4 is 15.2 Å². The molecule has 1 aromatic carbocycles. The van der Waals surface area contributed by atoms with Gasteiger partial charge in [-0.2, -0.15) is 0 Å². The minimum atomic E-state index is -0.278. The van der Waals surface area contributed by atoms with Crippen molar-refractivity contribution in [3.63, 3.8) is 0 Å². The van der Waals surface area contributed by atoms with Crippen molar-refractivity contribution in [1.29, 1.82) is 0 Å². The van der Waals surface area contributed by atoms with E-state index in [1.54, 1.807) is 21.3 Å². The van der Waals surface area contributed by atoms with Gasteiger partial charge in [0.05, 0.1) is 37.9 Å². The quantitative estimate of drug-likeness (QED) is 0.835. The molecule has 98 valence electrons. The Bertz CT molecular complexity index is 498. The van der Waals surface area contributed by atoms with Gasteiger partial charge in [0, 0.05) is 19.2 Å². The third-order valence-electron chi connectivity index (χ3n) is 2.70. The van der Waals surface area contributed by atoms with E-state index in [0.29, 0.717) is 23.9 Å². The van der Waals surface area contributed by atoms with Crippen molar-refractivity contribution in [2.45, 2.75) is 6.04 Å². The van der Waals surface area contributed by atoms with Crippen LogP contribution in [0.25, 0.3) is 11.0 Å². The molecule has 0 aliphatic carbocycles.